The molecule has 0 heterocycles. The number of carbonyl (C=O) groups excluding carboxylic acids is 1. The van der Waals surface area contributed by atoms with Crippen LogP contribution < -0.4 is 5.32 Å². The van der Waals surface area contributed by atoms with E-state index in [1.165, 1.54) is 24.3 Å². The first-order chi connectivity index (χ1) is 14.3. The molecule has 0 aliphatic rings. The van der Waals surface area contributed by atoms with Crippen molar-refractivity contribution in [3.8, 4) is 22.9 Å². The molecular formula is C22H15N3O4S. The highest BCUT2D eigenvalue weighted by Crippen LogP contribution is 2.33. The number of hydrogen-bond acceptors (Lipinski definition) is 6. The lowest BCUT2D eigenvalue weighted by molar-refractivity contribution is -0.110. The summed E-state index contributed by atoms with van der Waals surface area (Å²) in [6.45, 7) is 0. The summed E-state index contributed by atoms with van der Waals surface area (Å²) in [6.07, 6.45) is 0. The third-order valence-electron chi connectivity index (χ3n) is 4.32. The van der Waals surface area contributed by atoms with Crippen LogP contribution in [0.5, 0.6) is 5.75 Å². The number of carboxylic acid groups (broad SMARTS) is 1. The molecule has 0 atom stereocenters. The van der Waals surface area contributed by atoms with E-state index in [0.29, 0.717) is 10.5 Å². The van der Waals surface area contributed by atoms with Gasteiger partial charge in [0.1, 0.15) is 11.5 Å². The Morgan fingerprint density at radius 2 is 1.73 bits per heavy atom. The summed E-state index contributed by atoms with van der Waals surface area (Å²) in [4.78, 5) is 24.4. The van der Waals surface area contributed by atoms with E-state index >= 15 is 0 Å². The van der Waals surface area contributed by atoms with Crippen molar-refractivity contribution < 1.29 is 19.8 Å². The second-order valence-electron chi connectivity index (χ2n) is 6.26. The minimum Gasteiger partial charge on any atom is -0.507 e. The number of aromatic carboxylic acids is 1. The van der Waals surface area contributed by atoms with Crippen LogP contribution in [0.3, 0.4) is 0 Å². The predicted molar refractivity (Wildman–Crippen MR) is 114 cm³/mol. The van der Waals surface area contributed by atoms with Gasteiger partial charge in [-0.15, -0.1) is 12.6 Å². The van der Waals surface area contributed by atoms with Gasteiger partial charge in [-0.2, -0.15) is 5.26 Å². The summed E-state index contributed by atoms with van der Waals surface area (Å²) < 4.78 is 0. The minimum atomic E-state index is -1.33. The number of thiol groups is 1. The highest BCUT2D eigenvalue weighted by atomic mass is 32.1. The molecule has 0 spiro atoms. The molecule has 0 unspecified atom stereocenters. The van der Waals surface area contributed by atoms with Gasteiger partial charge >= 0.3 is 5.97 Å². The zero-order valence-corrected chi connectivity index (χ0v) is 16.3. The van der Waals surface area contributed by atoms with Gasteiger partial charge in [-0.1, -0.05) is 30.3 Å². The summed E-state index contributed by atoms with van der Waals surface area (Å²) in [5, 5.41) is 39.1. The fraction of sp³-hybridized carbons (Fsp3) is 0. The first-order valence-electron chi connectivity index (χ1n) is 8.61. The number of benzene rings is 3. The van der Waals surface area contributed by atoms with Crippen LogP contribution in [0.4, 0.5) is 5.69 Å². The Morgan fingerprint density at radius 3 is 2.37 bits per heavy atom. The second kappa shape index (κ2) is 8.51. The Labute approximate surface area is 177 Å². The number of nitrogens with one attached hydrogen (secondary N) is 2. The summed E-state index contributed by atoms with van der Waals surface area (Å²) in [7, 11) is 0. The second-order valence-corrected chi connectivity index (χ2v) is 6.74. The van der Waals surface area contributed by atoms with E-state index in [1.54, 1.807) is 0 Å². The number of phenols is 1. The maximum absolute atomic E-state index is 12.5. The molecule has 30 heavy (non-hydrogen) atoms. The number of carboxylic acids is 1. The van der Waals surface area contributed by atoms with Crippen molar-refractivity contribution >= 4 is 35.9 Å². The molecule has 0 radical (unpaired) electrons. The first-order valence-corrected chi connectivity index (χ1v) is 9.05. The number of hydrogen-bond donors (Lipinski definition) is 5. The molecule has 3 aromatic carbocycles. The molecule has 0 aliphatic heterocycles. The van der Waals surface area contributed by atoms with E-state index in [2.05, 4.69) is 17.9 Å². The molecule has 0 saturated carbocycles. The molecular weight excluding hydrogens is 402 g/mol. The van der Waals surface area contributed by atoms with E-state index in [-0.39, 0.29) is 28.1 Å². The van der Waals surface area contributed by atoms with Crippen LogP contribution in [0.2, 0.25) is 0 Å². The molecule has 1 amide bonds. The number of phenolic OH excluding ortho intramolecular Hbond substituents is 1. The van der Waals surface area contributed by atoms with Gasteiger partial charge in [-0.3, -0.25) is 10.2 Å². The van der Waals surface area contributed by atoms with Gasteiger partial charge in [0, 0.05) is 10.5 Å². The zero-order valence-electron chi connectivity index (χ0n) is 15.4. The minimum absolute atomic E-state index is 0.0531. The van der Waals surface area contributed by atoms with Crippen LogP contribution in [0.25, 0.3) is 11.1 Å². The molecule has 0 bridgehead atoms. The number of rotatable bonds is 5. The monoisotopic (exact) mass is 417 g/mol. The molecule has 0 fully saturated rings. The number of nitriles is 1. The van der Waals surface area contributed by atoms with Gasteiger partial charge in [0.05, 0.1) is 22.9 Å². The molecule has 0 aromatic heterocycles. The van der Waals surface area contributed by atoms with Crippen LogP contribution in [0, 0.1) is 16.7 Å². The molecule has 7 nitrogen and oxygen atoms in total. The largest absolute Gasteiger partial charge is 0.507 e. The molecule has 3 rings (SSSR count). The predicted octanol–water partition coefficient (Wildman–Crippen LogP) is 3.92. The van der Waals surface area contributed by atoms with Crippen LogP contribution in [0.1, 0.15) is 21.5 Å². The standard InChI is InChI=1S/C22H15N3O4S/c23-11-12-6-7-17(15(8-12)22(28)29)25-21(27)20(24)16-10-19(30)14(9-18(16)26)13-4-2-1-3-5-13/h1-10,24,26,30H,(H,25,27)(H,28,29). The average molecular weight is 417 g/mol. The van der Waals surface area contributed by atoms with Crippen molar-refractivity contribution in [3.63, 3.8) is 0 Å². The van der Waals surface area contributed by atoms with E-state index in [1.807, 2.05) is 36.4 Å². The Kier molecular flexibility index (Phi) is 5.85. The Hall–Kier alpha value is -4.09. The topological polar surface area (TPSA) is 134 Å². The number of aromatic hydroxyl groups is 1. The Morgan fingerprint density at radius 1 is 1.03 bits per heavy atom. The number of amides is 1. The van der Waals surface area contributed by atoms with E-state index in [0.717, 1.165) is 11.6 Å². The lowest BCUT2D eigenvalue weighted by Gasteiger charge is -2.13. The average Bonchev–Trinajstić information content (AvgIpc) is 2.75. The van der Waals surface area contributed by atoms with Crippen LogP contribution >= 0.6 is 12.6 Å². The van der Waals surface area contributed by atoms with Gasteiger partial charge < -0.3 is 15.5 Å². The normalized spacial score (nSPS) is 10.1. The van der Waals surface area contributed by atoms with E-state index in [4.69, 9.17) is 10.7 Å². The lowest BCUT2D eigenvalue weighted by Crippen LogP contribution is -2.24. The zero-order chi connectivity index (χ0) is 21.8. The van der Waals surface area contributed by atoms with Crippen molar-refractivity contribution in [2.24, 2.45) is 0 Å². The van der Waals surface area contributed by atoms with Gasteiger partial charge in [0.2, 0.25) is 0 Å². The number of nitrogens with zero attached hydrogens (tertiary/aromatic N) is 1. The smallest absolute Gasteiger partial charge is 0.337 e. The van der Waals surface area contributed by atoms with E-state index in [9.17, 15) is 19.8 Å². The lowest BCUT2D eigenvalue weighted by atomic mass is 10.0. The van der Waals surface area contributed by atoms with Crippen molar-refractivity contribution in [2.75, 3.05) is 5.32 Å². The maximum Gasteiger partial charge on any atom is 0.337 e. The van der Waals surface area contributed by atoms with Gasteiger partial charge in [-0.05, 0) is 41.5 Å². The first kappa shape index (κ1) is 20.6. The SMILES string of the molecule is N#Cc1ccc(NC(=O)C(=N)c2cc(S)c(-c3ccccc3)cc2O)c(C(=O)O)c1. The van der Waals surface area contributed by atoms with E-state index < -0.39 is 17.6 Å². The van der Waals surface area contributed by atoms with Crippen LogP contribution in [-0.2, 0) is 4.79 Å². The Bertz CT molecular complexity index is 1220. The van der Waals surface area contributed by atoms with Crippen molar-refractivity contribution in [1.29, 1.82) is 10.7 Å². The Balaban J connectivity index is 1.91. The maximum atomic E-state index is 12.5. The fourth-order valence-corrected chi connectivity index (χ4v) is 3.16. The molecule has 3 aromatic rings. The van der Waals surface area contributed by atoms with Crippen molar-refractivity contribution in [1.82, 2.24) is 0 Å². The van der Waals surface area contributed by atoms with Gasteiger partial charge in [0.25, 0.3) is 5.91 Å². The molecule has 8 heteroatoms. The number of anilines is 1. The fourth-order valence-electron chi connectivity index (χ4n) is 2.83. The van der Waals surface area contributed by atoms with Crippen LogP contribution in [0.15, 0.2) is 65.6 Å². The van der Waals surface area contributed by atoms with Crippen LogP contribution in [-0.4, -0.2) is 27.8 Å². The van der Waals surface area contributed by atoms with Crippen molar-refractivity contribution in [3.05, 3.63) is 77.4 Å². The summed E-state index contributed by atoms with van der Waals surface area (Å²) in [6, 6.07) is 17.6. The van der Waals surface area contributed by atoms with Gasteiger partial charge in [0.15, 0.2) is 0 Å². The van der Waals surface area contributed by atoms with Gasteiger partial charge in [-0.25, -0.2) is 4.79 Å². The molecule has 4 N–H and O–H groups in total. The molecule has 148 valence electrons. The third-order valence-corrected chi connectivity index (χ3v) is 4.69. The van der Waals surface area contributed by atoms with Crippen molar-refractivity contribution in [2.45, 2.75) is 4.90 Å². The summed E-state index contributed by atoms with van der Waals surface area (Å²) in [5.74, 6) is -2.54. The molecule has 0 aliphatic carbocycles. The highest BCUT2D eigenvalue weighted by molar-refractivity contribution is 7.80. The summed E-state index contributed by atoms with van der Waals surface area (Å²) in [5.41, 5.74) is 0.592. The number of carbonyl (C=O) groups is 2. The quantitative estimate of drug-likeness (QED) is 0.317. The highest BCUT2D eigenvalue weighted by Gasteiger charge is 2.20. The molecule has 0 saturated heterocycles. The summed E-state index contributed by atoms with van der Waals surface area (Å²) >= 11 is 4.41. The third kappa shape index (κ3) is 4.16.